The minimum Gasteiger partial charge on any atom is -0.504 e. The molecule has 2 aliphatic heterocycles. The van der Waals surface area contributed by atoms with Crippen molar-refractivity contribution in [1.29, 1.82) is 0 Å². The van der Waals surface area contributed by atoms with Gasteiger partial charge in [-0.25, -0.2) is 0 Å². The van der Waals surface area contributed by atoms with Crippen LogP contribution in [0.4, 0.5) is 0 Å². The summed E-state index contributed by atoms with van der Waals surface area (Å²) in [5.74, 6) is 7.50. The fraction of sp³-hybridized carbons (Fsp3) is 0.520. The normalized spacial score (nSPS) is 25.0. The molecule has 9 atom stereocenters. The summed E-state index contributed by atoms with van der Waals surface area (Å²) >= 11 is 0. The summed E-state index contributed by atoms with van der Waals surface area (Å²) in [5, 5.41) is 53.3. The number of carbonyl (C=O) groups is 2. The maximum absolute atomic E-state index is 13.8. The molecule has 60 heavy (non-hydrogen) atoms. The lowest BCUT2D eigenvalue weighted by atomic mass is 9.71. The Hall–Kier alpha value is -4.66. The fourth-order valence-corrected chi connectivity index (χ4v) is 10.3. The number of rotatable bonds is 16. The van der Waals surface area contributed by atoms with E-state index in [9.17, 15) is 30.0 Å². The molecule has 0 radical (unpaired) electrons. The highest BCUT2D eigenvalue weighted by Crippen LogP contribution is 2.40. The van der Waals surface area contributed by atoms with Crippen LogP contribution in [0.5, 0.6) is 11.5 Å². The number of nitrogens with one attached hydrogen (secondary N) is 2. The number of phenolic OH excluding ortho intramolecular Hbond substituents is 1. The quantitative estimate of drug-likeness (QED) is 0.0814. The maximum atomic E-state index is 13.8. The predicted molar refractivity (Wildman–Crippen MR) is 234 cm³/mol. The van der Waals surface area contributed by atoms with Crippen LogP contribution in [0.1, 0.15) is 106 Å². The van der Waals surface area contributed by atoms with Crippen LogP contribution in [0.3, 0.4) is 0 Å². The average Bonchev–Trinajstić information content (AvgIpc) is 3.31. The Balaban J connectivity index is 1.06. The van der Waals surface area contributed by atoms with Gasteiger partial charge in [-0.2, -0.15) is 0 Å². The molecule has 1 saturated carbocycles. The summed E-state index contributed by atoms with van der Waals surface area (Å²) in [4.78, 5) is 25.8. The lowest BCUT2D eigenvalue weighted by molar-refractivity contribution is -0.124. The van der Waals surface area contributed by atoms with Crippen molar-refractivity contribution in [1.82, 2.24) is 10.6 Å². The molecule has 2 fully saturated rings. The second-order valence-electron chi connectivity index (χ2n) is 17.6. The number of methoxy groups -OCH3 is 1. The van der Waals surface area contributed by atoms with Gasteiger partial charge in [0.1, 0.15) is 11.7 Å². The van der Waals surface area contributed by atoms with Crippen LogP contribution < -0.4 is 21.1 Å². The van der Waals surface area contributed by atoms with Gasteiger partial charge in [0.05, 0.1) is 25.1 Å². The molecule has 3 aromatic carbocycles. The van der Waals surface area contributed by atoms with Crippen LogP contribution in [0.2, 0.25) is 0 Å². The fourth-order valence-electron chi connectivity index (χ4n) is 10.3. The Morgan fingerprint density at radius 3 is 2.60 bits per heavy atom. The lowest BCUT2D eigenvalue weighted by Crippen LogP contribution is -2.50. The molecular weight excluding hydrogens is 755 g/mol. The van der Waals surface area contributed by atoms with Gasteiger partial charge < -0.3 is 41.5 Å². The molecule has 0 aromatic heterocycles. The number of ether oxygens (including phenoxy) is 1. The van der Waals surface area contributed by atoms with E-state index < -0.39 is 24.0 Å². The number of aliphatic hydroxyl groups is 3. The second-order valence-corrected chi connectivity index (χ2v) is 17.6. The number of benzene rings is 3. The van der Waals surface area contributed by atoms with Gasteiger partial charge >= 0.3 is 0 Å². The Morgan fingerprint density at radius 1 is 0.967 bits per heavy atom. The number of carbonyl (C=O) groups excluding carboxylic acids is 2. The van der Waals surface area contributed by atoms with Gasteiger partial charge in [-0.1, -0.05) is 66.8 Å². The van der Waals surface area contributed by atoms with E-state index >= 15 is 0 Å². The zero-order valence-electron chi connectivity index (χ0n) is 35.0. The van der Waals surface area contributed by atoms with Crippen LogP contribution >= 0.6 is 0 Å². The van der Waals surface area contributed by atoms with Gasteiger partial charge in [0.15, 0.2) is 17.3 Å². The molecule has 10 nitrogen and oxygen atoms in total. The Kier molecular flexibility index (Phi) is 14.7. The molecule has 0 amide bonds. The van der Waals surface area contributed by atoms with E-state index in [1.165, 1.54) is 7.11 Å². The SMILES string of the molecule is COc1cc2c(cc1O)[C@H](CC[C@H](O)C[C@H](C1=CCNC(N)=C1)c1ccc3ccccc3c1)C#C[C@H]([C@H](O)CCC[C@H](CCO)[C@@H]1CN[C@@H]3CC(=O)CC[C@@H]3C1)C(=O)CC2. The molecular formula is C50H63N3O7. The summed E-state index contributed by atoms with van der Waals surface area (Å²) in [6.45, 7) is 1.54. The number of Topliss-reactive ketones (excluding diaryl/α,β-unsaturated/α-hetero) is 2. The number of aromatic hydroxyl groups is 1. The number of nitrogens with two attached hydrogens (primary N) is 1. The number of aliphatic hydroxyl groups excluding tert-OH is 3. The predicted octanol–water partition coefficient (Wildman–Crippen LogP) is 6.29. The van der Waals surface area contributed by atoms with Crippen LogP contribution in [0, 0.1) is 35.5 Å². The zero-order valence-corrected chi connectivity index (χ0v) is 35.0. The van der Waals surface area contributed by atoms with E-state index in [4.69, 9.17) is 10.5 Å². The summed E-state index contributed by atoms with van der Waals surface area (Å²) in [6, 6.07) is 18.4. The van der Waals surface area contributed by atoms with Gasteiger partial charge in [-0.3, -0.25) is 9.59 Å². The number of hydrogen-bond donors (Lipinski definition) is 7. The highest BCUT2D eigenvalue weighted by molar-refractivity contribution is 5.85. The van der Waals surface area contributed by atoms with Crippen molar-refractivity contribution >= 4 is 22.3 Å². The van der Waals surface area contributed by atoms with E-state index in [0.29, 0.717) is 93.5 Å². The number of aryl methyl sites for hydroxylation is 1. The van der Waals surface area contributed by atoms with Crippen molar-refractivity contribution in [2.24, 2.45) is 29.4 Å². The third-order valence-electron chi connectivity index (χ3n) is 13.7. The minimum atomic E-state index is -0.949. The van der Waals surface area contributed by atoms with Crippen molar-refractivity contribution in [3.05, 3.63) is 94.8 Å². The summed E-state index contributed by atoms with van der Waals surface area (Å²) in [6.07, 6.45) is 10.2. The van der Waals surface area contributed by atoms with Gasteiger partial charge in [0.25, 0.3) is 0 Å². The van der Waals surface area contributed by atoms with Crippen LogP contribution in [0.25, 0.3) is 10.8 Å². The summed E-state index contributed by atoms with van der Waals surface area (Å²) < 4.78 is 5.46. The third kappa shape index (κ3) is 10.6. The highest BCUT2D eigenvalue weighted by atomic mass is 16.5. The molecule has 0 spiro atoms. The second kappa shape index (κ2) is 20.3. The van der Waals surface area contributed by atoms with Gasteiger partial charge in [-0.05, 0) is 133 Å². The topological polar surface area (TPSA) is 174 Å². The number of piperidine rings is 1. The zero-order chi connectivity index (χ0) is 42.2. The molecule has 3 aromatic rings. The van der Waals surface area contributed by atoms with E-state index in [0.717, 1.165) is 58.8 Å². The molecule has 8 N–H and O–H groups in total. The lowest BCUT2D eigenvalue weighted by Gasteiger charge is -2.42. The van der Waals surface area contributed by atoms with Gasteiger partial charge in [-0.15, -0.1) is 0 Å². The summed E-state index contributed by atoms with van der Waals surface area (Å²) in [5.41, 5.74) is 10.0. The number of fused-ring (bicyclic) bond motifs is 3. The first kappa shape index (κ1) is 43.4. The largest absolute Gasteiger partial charge is 0.504 e. The molecule has 2 heterocycles. The third-order valence-corrected chi connectivity index (χ3v) is 13.7. The number of phenols is 1. The Morgan fingerprint density at radius 2 is 1.80 bits per heavy atom. The van der Waals surface area contributed by atoms with Crippen molar-refractivity contribution in [2.45, 2.75) is 114 Å². The standard InChI is InChI=1S/C50H63N3O7/c1-60-49-25-36-14-18-47(58)42(46(57)8-4-7-32(20-22-54)39-24-38-12-16-41(56)28-45(38)53-30-39)17-13-33(44(36)29-48(49)59)11-15-40(55)27-43(37-19-21-52-50(51)26-37)35-10-9-31-5-2-3-6-34(31)23-35/h2-3,5-6,9-10,19,23,25-26,29,32-33,38-40,42-43,45-46,52-55,57,59H,4,7-8,11-12,14-16,18,20-22,24,27-28,30,51H2,1H3/t32-,33-,38-,39+,40+,42-,43+,45-,46-/m1/s1. The number of allylic oxidation sites excluding steroid dienone is 2. The van der Waals surface area contributed by atoms with Crippen molar-refractivity contribution in [2.75, 3.05) is 26.8 Å². The van der Waals surface area contributed by atoms with Crippen molar-refractivity contribution in [3.63, 3.8) is 0 Å². The molecule has 0 bridgehead atoms. The number of hydrogen-bond acceptors (Lipinski definition) is 10. The van der Waals surface area contributed by atoms with Crippen LogP contribution in [0.15, 0.2) is 78.1 Å². The molecule has 1 saturated heterocycles. The molecule has 7 rings (SSSR count). The van der Waals surface area contributed by atoms with E-state index in [2.05, 4.69) is 58.9 Å². The smallest absolute Gasteiger partial charge is 0.160 e. The van der Waals surface area contributed by atoms with Crippen molar-refractivity contribution < 1.29 is 34.8 Å². The van der Waals surface area contributed by atoms with E-state index in [1.807, 2.05) is 18.2 Å². The van der Waals surface area contributed by atoms with E-state index in [-0.39, 0.29) is 42.4 Å². The average molecular weight is 818 g/mol. The first-order valence-corrected chi connectivity index (χ1v) is 22.2. The Bertz CT molecular complexity index is 2120. The number of dihydropyridines is 1. The monoisotopic (exact) mass is 817 g/mol. The van der Waals surface area contributed by atoms with Crippen LogP contribution in [-0.2, 0) is 16.0 Å². The Labute approximate surface area is 354 Å². The molecule has 0 unspecified atom stereocenters. The van der Waals surface area contributed by atoms with E-state index in [1.54, 1.807) is 12.1 Å². The summed E-state index contributed by atoms with van der Waals surface area (Å²) in [7, 11) is 1.50. The molecule has 10 heteroatoms. The molecule has 2 aliphatic carbocycles. The first-order chi connectivity index (χ1) is 29.1. The molecule has 4 aliphatic rings. The minimum absolute atomic E-state index is 0.0116. The highest BCUT2D eigenvalue weighted by Gasteiger charge is 2.37. The molecule has 320 valence electrons. The van der Waals surface area contributed by atoms with Gasteiger partial charge in [0.2, 0.25) is 0 Å². The van der Waals surface area contributed by atoms with Gasteiger partial charge in [0, 0.05) is 50.3 Å². The maximum Gasteiger partial charge on any atom is 0.160 e. The number of ketones is 2. The van der Waals surface area contributed by atoms with Crippen LogP contribution in [-0.4, -0.2) is 77.0 Å². The first-order valence-electron chi connectivity index (χ1n) is 22.2. The van der Waals surface area contributed by atoms with Crippen molar-refractivity contribution in [3.8, 4) is 23.3 Å².